The Morgan fingerprint density at radius 1 is 1.40 bits per heavy atom. The molecule has 0 unspecified atom stereocenters. The maximum absolute atomic E-state index is 5.38. The number of hydrogen-bond acceptors (Lipinski definition) is 1. The molecule has 0 saturated heterocycles. The second kappa shape index (κ2) is 6.56. The molecule has 0 atom stereocenters. The predicted molar refractivity (Wildman–Crippen MR) is 46.9 cm³/mol. The molecule has 58 valence electrons. The Bertz CT molecular complexity index is 123. The summed E-state index contributed by atoms with van der Waals surface area (Å²) in [5, 5.41) is 0. The van der Waals surface area contributed by atoms with Gasteiger partial charge in [-0.05, 0) is 33.2 Å². The van der Waals surface area contributed by atoms with Crippen LogP contribution in [0.15, 0.2) is 23.8 Å². The van der Waals surface area contributed by atoms with Crippen molar-refractivity contribution in [3.63, 3.8) is 0 Å². The summed E-state index contributed by atoms with van der Waals surface area (Å²) in [6, 6.07) is 0. The van der Waals surface area contributed by atoms with Gasteiger partial charge < -0.3 is 5.73 Å². The minimum Gasteiger partial charge on any atom is -0.330 e. The summed E-state index contributed by atoms with van der Waals surface area (Å²) in [4.78, 5) is 0. The third kappa shape index (κ3) is 4.33. The van der Waals surface area contributed by atoms with Crippen molar-refractivity contribution in [2.45, 2.75) is 26.7 Å². The van der Waals surface area contributed by atoms with Crippen LogP contribution in [0.1, 0.15) is 26.7 Å². The van der Waals surface area contributed by atoms with E-state index in [1.165, 1.54) is 5.57 Å². The lowest BCUT2D eigenvalue weighted by Gasteiger charge is -1.97. The van der Waals surface area contributed by atoms with Crippen LogP contribution in [0.3, 0.4) is 0 Å². The minimum atomic E-state index is 0.787. The zero-order valence-corrected chi connectivity index (χ0v) is 6.93. The lowest BCUT2D eigenvalue weighted by atomic mass is 10.1. The van der Waals surface area contributed by atoms with Crippen LogP contribution in [0.2, 0.25) is 0 Å². The molecule has 0 aliphatic carbocycles. The Kier molecular flexibility index (Phi) is 6.19. The molecular weight excluding hydrogens is 122 g/mol. The van der Waals surface area contributed by atoms with Crippen molar-refractivity contribution in [1.29, 1.82) is 0 Å². The highest BCUT2D eigenvalue weighted by Crippen LogP contribution is 2.04. The highest BCUT2D eigenvalue weighted by molar-refractivity contribution is 5.16. The summed E-state index contributed by atoms with van der Waals surface area (Å²) in [5.41, 5.74) is 6.76. The van der Waals surface area contributed by atoms with Crippen LogP contribution >= 0.6 is 0 Å². The van der Waals surface area contributed by atoms with Crippen molar-refractivity contribution >= 4 is 0 Å². The molecule has 0 aliphatic heterocycles. The number of allylic oxidation sites excluding steroid dienone is 4. The zero-order chi connectivity index (χ0) is 7.82. The van der Waals surface area contributed by atoms with Crippen LogP contribution in [-0.4, -0.2) is 6.54 Å². The molecule has 0 aromatic heterocycles. The topological polar surface area (TPSA) is 26.0 Å². The molecule has 0 heterocycles. The highest BCUT2D eigenvalue weighted by Gasteiger charge is 1.87. The fourth-order valence-corrected chi connectivity index (χ4v) is 0.844. The molecule has 1 nitrogen and oxygen atoms in total. The van der Waals surface area contributed by atoms with E-state index < -0.39 is 0 Å². The Hall–Kier alpha value is -0.560. The lowest BCUT2D eigenvalue weighted by molar-refractivity contribution is 0.834. The van der Waals surface area contributed by atoms with Crippen molar-refractivity contribution in [1.82, 2.24) is 0 Å². The van der Waals surface area contributed by atoms with Gasteiger partial charge in [-0.2, -0.15) is 0 Å². The molecule has 0 aromatic carbocycles. The molecule has 0 aromatic rings. The molecule has 0 spiro atoms. The predicted octanol–water partition coefficient (Wildman–Crippen LogP) is 2.25. The molecule has 0 amide bonds. The van der Waals surface area contributed by atoms with Crippen LogP contribution in [0.5, 0.6) is 0 Å². The molecule has 0 radical (unpaired) electrons. The number of hydrogen-bond donors (Lipinski definition) is 1. The van der Waals surface area contributed by atoms with E-state index in [-0.39, 0.29) is 0 Å². The quantitative estimate of drug-likeness (QED) is 0.594. The summed E-state index contributed by atoms with van der Waals surface area (Å²) in [5.74, 6) is 0. The molecule has 0 rings (SSSR count). The van der Waals surface area contributed by atoms with E-state index in [1.54, 1.807) is 0 Å². The third-order valence-corrected chi connectivity index (χ3v) is 1.42. The first kappa shape index (κ1) is 9.44. The first-order chi connectivity index (χ1) is 4.85. The first-order valence-corrected chi connectivity index (χ1v) is 3.83. The molecule has 0 fully saturated rings. The Morgan fingerprint density at radius 3 is 2.50 bits per heavy atom. The van der Waals surface area contributed by atoms with E-state index in [4.69, 9.17) is 5.73 Å². The van der Waals surface area contributed by atoms with Gasteiger partial charge in [0.05, 0.1) is 0 Å². The van der Waals surface area contributed by atoms with Crippen LogP contribution in [0.4, 0.5) is 0 Å². The van der Waals surface area contributed by atoms with Gasteiger partial charge in [-0.1, -0.05) is 23.8 Å². The lowest BCUT2D eigenvalue weighted by Crippen LogP contribution is -1.98. The van der Waals surface area contributed by atoms with Crippen LogP contribution in [0.25, 0.3) is 0 Å². The van der Waals surface area contributed by atoms with E-state index in [0.29, 0.717) is 0 Å². The normalized spacial score (nSPS) is 12.9. The maximum atomic E-state index is 5.38. The van der Waals surface area contributed by atoms with Gasteiger partial charge in [0, 0.05) is 0 Å². The summed E-state index contributed by atoms with van der Waals surface area (Å²) >= 11 is 0. The van der Waals surface area contributed by atoms with E-state index in [1.807, 2.05) is 6.92 Å². The van der Waals surface area contributed by atoms with Crippen molar-refractivity contribution in [2.75, 3.05) is 6.54 Å². The largest absolute Gasteiger partial charge is 0.330 e. The molecule has 10 heavy (non-hydrogen) atoms. The first-order valence-electron chi connectivity index (χ1n) is 3.83. The van der Waals surface area contributed by atoms with Crippen LogP contribution < -0.4 is 5.73 Å². The molecule has 0 bridgehead atoms. The van der Waals surface area contributed by atoms with Crippen molar-refractivity contribution < 1.29 is 0 Å². The summed E-state index contributed by atoms with van der Waals surface area (Å²) in [7, 11) is 0. The Balaban J connectivity index is 3.62. The van der Waals surface area contributed by atoms with Gasteiger partial charge in [0.2, 0.25) is 0 Å². The monoisotopic (exact) mass is 139 g/mol. The average molecular weight is 139 g/mol. The fourth-order valence-electron chi connectivity index (χ4n) is 0.844. The third-order valence-electron chi connectivity index (χ3n) is 1.42. The highest BCUT2D eigenvalue weighted by atomic mass is 14.5. The Labute approximate surface area is 63.6 Å². The van der Waals surface area contributed by atoms with Gasteiger partial charge >= 0.3 is 0 Å². The SMILES string of the molecule is C/C=C\C(=C/C)CCCN. The van der Waals surface area contributed by atoms with E-state index in [0.717, 1.165) is 19.4 Å². The smallest absolute Gasteiger partial charge is 0.00741 e. The van der Waals surface area contributed by atoms with Gasteiger partial charge in [0.1, 0.15) is 0 Å². The molecule has 2 N–H and O–H groups in total. The van der Waals surface area contributed by atoms with Gasteiger partial charge in [-0.15, -0.1) is 0 Å². The second-order valence-electron chi connectivity index (χ2n) is 2.26. The minimum absolute atomic E-state index is 0.787. The summed E-state index contributed by atoms with van der Waals surface area (Å²) in [6.07, 6.45) is 8.53. The van der Waals surface area contributed by atoms with E-state index >= 15 is 0 Å². The summed E-state index contributed by atoms with van der Waals surface area (Å²) in [6.45, 7) is 4.88. The van der Waals surface area contributed by atoms with Gasteiger partial charge in [0.25, 0.3) is 0 Å². The van der Waals surface area contributed by atoms with Crippen molar-refractivity contribution in [2.24, 2.45) is 5.73 Å². The number of nitrogens with two attached hydrogens (primary N) is 1. The van der Waals surface area contributed by atoms with E-state index in [2.05, 4.69) is 25.2 Å². The standard InChI is InChI=1S/C9H17N/c1-3-6-9(4-2)7-5-8-10/h3-4,6H,5,7-8,10H2,1-2H3/b6-3-,9-4+. The van der Waals surface area contributed by atoms with Gasteiger partial charge in [0.15, 0.2) is 0 Å². The molecule has 0 saturated carbocycles. The van der Waals surface area contributed by atoms with Gasteiger partial charge in [-0.25, -0.2) is 0 Å². The van der Waals surface area contributed by atoms with Crippen molar-refractivity contribution in [3.8, 4) is 0 Å². The Morgan fingerprint density at radius 2 is 2.10 bits per heavy atom. The molecule has 0 aliphatic rings. The summed E-state index contributed by atoms with van der Waals surface area (Å²) < 4.78 is 0. The van der Waals surface area contributed by atoms with Gasteiger partial charge in [-0.3, -0.25) is 0 Å². The second-order valence-corrected chi connectivity index (χ2v) is 2.26. The average Bonchev–Trinajstić information content (AvgIpc) is 1.98. The molecule has 1 heteroatoms. The van der Waals surface area contributed by atoms with Crippen LogP contribution in [0, 0.1) is 0 Å². The zero-order valence-electron chi connectivity index (χ0n) is 6.93. The van der Waals surface area contributed by atoms with Crippen molar-refractivity contribution in [3.05, 3.63) is 23.8 Å². The van der Waals surface area contributed by atoms with E-state index in [9.17, 15) is 0 Å². The maximum Gasteiger partial charge on any atom is -0.00741 e. The van der Waals surface area contributed by atoms with Crippen LogP contribution in [-0.2, 0) is 0 Å². The fraction of sp³-hybridized carbons (Fsp3) is 0.556. The molecular formula is C9H17N. The number of rotatable bonds is 4.